The van der Waals surface area contributed by atoms with E-state index in [0.29, 0.717) is 25.4 Å². The van der Waals surface area contributed by atoms with Gasteiger partial charge in [0.15, 0.2) is 11.6 Å². The molecule has 0 aliphatic carbocycles. The number of aromatic amines is 1. The summed E-state index contributed by atoms with van der Waals surface area (Å²) in [5.41, 5.74) is 2.05. The molecular weight excluding hydrogens is 357 g/mol. The molecular formula is C22H24FN3O2. The Bertz CT molecular complexity index is 915. The predicted octanol–water partition coefficient (Wildman–Crippen LogP) is 4.27. The molecule has 4 rings (SSSR count). The molecule has 2 aromatic carbocycles. The van der Waals surface area contributed by atoms with E-state index in [0.717, 1.165) is 42.8 Å². The summed E-state index contributed by atoms with van der Waals surface area (Å²) < 4.78 is 18.9. The number of imidazole rings is 1. The monoisotopic (exact) mass is 381 g/mol. The summed E-state index contributed by atoms with van der Waals surface area (Å²) in [4.78, 5) is 22.5. The van der Waals surface area contributed by atoms with Crippen LogP contribution in [0.4, 0.5) is 4.39 Å². The maximum absolute atomic E-state index is 13.5. The van der Waals surface area contributed by atoms with Crippen LogP contribution in [-0.4, -0.2) is 40.5 Å². The van der Waals surface area contributed by atoms with E-state index in [4.69, 9.17) is 9.72 Å². The Hall–Kier alpha value is -2.89. The molecule has 0 atom stereocenters. The zero-order chi connectivity index (χ0) is 19.3. The van der Waals surface area contributed by atoms with Crippen molar-refractivity contribution in [2.75, 3.05) is 19.7 Å². The van der Waals surface area contributed by atoms with E-state index in [1.165, 1.54) is 6.07 Å². The van der Waals surface area contributed by atoms with Gasteiger partial charge in [-0.2, -0.15) is 0 Å². The summed E-state index contributed by atoms with van der Waals surface area (Å²) >= 11 is 0. The molecule has 1 aliphatic rings. The first-order valence-electron chi connectivity index (χ1n) is 9.80. The quantitative estimate of drug-likeness (QED) is 0.649. The number of fused-ring (bicyclic) bond motifs is 1. The van der Waals surface area contributed by atoms with Crippen LogP contribution in [0.2, 0.25) is 0 Å². The van der Waals surface area contributed by atoms with Crippen LogP contribution in [-0.2, 0) is 4.79 Å². The Balaban J connectivity index is 1.22. The number of halogens is 1. The molecule has 0 saturated carbocycles. The molecule has 146 valence electrons. The average Bonchev–Trinajstić information content (AvgIpc) is 3.17. The number of likely N-dealkylation sites (tertiary alicyclic amines) is 1. The Morgan fingerprint density at radius 2 is 1.89 bits per heavy atom. The number of nitrogens with one attached hydrogen (secondary N) is 1. The summed E-state index contributed by atoms with van der Waals surface area (Å²) in [6, 6.07) is 14.4. The number of benzene rings is 2. The second kappa shape index (κ2) is 8.42. The highest BCUT2D eigenvalue weighted by Gasteiger charge is 2.25. The van der Waals surface area contributed by atoms with E-state index >= 15 is 0 Å². The standard InChI is InChI=1S/C22H24FN3O2/c23-17-6-1-4-9-20(17)28-15-5-10-21(27)26-13-11-16(12-14-26)22-24-18-7-2-3-8-19(18)25-22/h1-4,6-9,16H,5,10-15H2,(H,24,25). The van der Waals surface area contributed by atoms with Crippen molar-refractivity contribution in [1.29, 1.82) is 0 Å². The van der Waals surface area contributed by atoms with Gasteiger partial charge in [0.1, 0.15) is 5.82 Å². The zero-order valence-electron chi connectivity index (χ0n) is 15.7. The zero-order valence-corrected chi connectivity index (χ0v) is 15.7. The third-order valence-corrected chi connectivity index (χ3v) is 5.27. The lowest BCUT2D eigenvalue weighted by Gasteiger charge is -2.31. The molecule has 5 nitrogen and oxygen atoms in total. The van der Waals surface area contributed by atoms with Gasteiger partial charge in [-0.1, -0.05) is 24.3 Å². The van der Waals surface area contributed by atoms with Gasteiger partial charge in [0, 0.05) is 25.4 Å². The lowest BCUT2D eigenvalue weighted by atomic mass is 9.96. The highest BCUT2D eigenvalue weighted by atomic mass is 19.1. The van der Waals surface area contributed by atoms with Gasteiger partial charge in [0.2, 0.25) is 5.91 Å². The van der Waals surface area contributed by atoms with E-state index in [-0.39, 0.29) is 17.5 Å². The maximum Gasteiger partial charge on any atom is 0.222 e. The largest absolute Gasteiger partial charge is 0.491 e. The van der Waals surface area contributed by atoms with Crippen LogP contribution in [0, 0.1) is 5.82 Å². The van der Waals surface area contributed by atoms with Crippen LogP contribution in [0.25, 0.3) is 11.0 Å². The molecule has 0 radical (unpaired) electrons. The first kappa shape index (κ1) is 18.5. The van der Waals surface area contributed by atoms with Crippen molar-refractivity contribution < 1.29 is 13.9 Å². The number of carbonyl (C=O) groups is 1. The lowest BCUT2D eigenvalue weighted by molar-refractivity contribution is -0.132. The van der Waals surface area contributed by atoms with Crippen molar-refractivity contribution in [3.63, 3.8) is 0 Å². The summed E-state index contributed by atoms with van der Waals surface area (Å²) in [5, 5.41) is 0. The van der Waals surface area contributed by atoms with Crippen molar-refractivity contribution in [2.45, 2.75) is 31.6 Å². The molecule has 1 aromatic heterocycles. The minimum atomic E-state index is -0.374. The van der Waals surface area contributed by atoms with E-state index in [2.05, 4.69) is 4.98 Å². The Kier molecular flexibility index (Phi) is 5.55. The number of piperidine rings is 1. The van der Waals surface area contributed by atoms with Crippen molar-refractivity contribution >= 4 is 16.9 Å². The molecule has 1 fully saturated rings. The summed E-state index contributed by atoms with van der Waals surface area (Å²) in [6.45, 7) is 1.82. The SMILES string of the molecule is O=C(CCCOc1ccccc1F)N1CCC(c2nc3ccccc3[nH]2)CC1. The van der Waals surface area contributed by atoms with Gasteiger partial charge >= 0.3 is 0 Å². The number of ether oxygens (including phenoxy) is 1. The summed E-state index contributed by atoms with van der Waals surface area (Å²) in [5.74, 6) is 1.38. The third kappa shape index (κ3) is 4.16. The van der Waals surface area contributed by atoms with Gasteiger partial charge in [-0.3, -0.25) is 4.79 Å². The fourth-order valence-corrected chi connectivity index (χ4v) is 3.69. The fraction of sp³-hybridized carbons (Fsp3) is 0.364. The molecule has 2 heterocycles. The van der Waals surface area contributed by atoms with E-state index in [9.17, 15) is 9.18 Å². The van der Waals surface area contributed by atoms with Crippen LogP contribution in [0.1, 0.15) is 37.4 Å². The van der Waals surface area contributed by atoms with Gasteiger partial charge in [-0.25, -0.2) is 9.37 Å². The van der Waals surface area contributed by atoms with E-state index in [1.54, 1.807) is 18.2 Å². The predicted molar refractivity (Wildman–Crippen MR) is 106 cm³/mol. The smallest absolute Gasteiger partial charge is 0.222 e. The molecule has 1 amide bonds. The van der Waals surface area contributed by atoms with Crippen LogP contribution < -0.4 is 4.74 Å². The van der Waals surface area contributed by atoms with Crippen molar-refractivity contribution in [2.24, 2.45) is 0 Å². The van der Waals surface area contributed by atoms with Crippen LogP contribution in [0.3, 0.4) is 0 Å². The minimum absolute atomic E-state index is 0.139. The van der Waals surface area contributed by atoms with E-state index < -0.39 is 0 Å². The number of hydrogen-bond donors (Lipinski definition) is 1. The fourth-order valence-electron chi connectivity index (χ4n) is 3.69. The molecule has 0 bridgehead atoms. The Labute approximate surface area is 163 Å². The number of amides is 1. The third-order valence-electron chi connectivity index (χ3n) is 5.27. The number of hydrogen-bond acceptors (Lipinski definition) is 3. The number of nitrogens with zero attached hydrogens (tertiary/aromatic N) is 2. The molecule has 0 unspecified atom stereocenters. The number of carbonyl (C=O) groups excluding carboxylic acids is 1. The summed E-state index contributed by atoms with van der Waals surface area (Å²) in [7, 11) is 0. The molecule has 0 spiro atoms. The highest BCUT2D eigenvalue weighted by Crippen LogP contribution is 2.28. The molecule has 6 heteroatoms. The second-order valence-electron chi connectivity index (χ2n) is 7.18. The van der Waals surface area contributed by atoms with Gasteiger partial charge < -0.3 is 14.6 Å². The molecule has 1 aliphatic heterocycles. The first-order valence-corrected chi connectivity index (χ1v) is 9.80. The number of rotatable bonds is 6. The van der Waals surface area contributed by atoms with E-state index in [1.807, 2.05) is 29.2 Å². The number of aromatic nitrogens is 2. The molecule has 28 heavy (non-hydrogen) atoms. The maximum atomic E-state index is 13.5. The minimum Gasteiger partial charge on any atom is -0.491 e. The molecule has 1 N–H and O–H groups in total. The molecule has 3 aromatic rings. The second-order valence-corrected chi connectivity index (χ2v) is 7.18. The van der Waals surface area contributed by atoms with Crippen molar-refractivity contribution in [1.82, 2.24) is 14.9 Å². The van der Waals surface area contributed by atoms with Gasteiger partial charge in [-0.15, -0.1) is 0 Å². The number of H-pyrrole nitrogens is 1. The highest BCUT2D eigenvalue weighted by molar-refractivity contribution is 5.76. The molecule has 1 saturated heterocycles. The van der Waals surface area contributed by atoms with Crippen LogP contribution >= 0.6 is 0 Å². The van der Waals surface area contributed by atoms with Crippen LogP contribution in [0.15, 0.2) is 48.5 Å². The average molecular weight is 381 g/mol. The topological polar surface area (TPSA) is 58.2 Å². The van der Waals surface area contributed by atoms with Crippen molar-refractivity contribution in [3.05, 3.63) is 60.2 Å². The van der Waals surface area contributed by atoms with Crippen LogP contribution in [0.5, 0.6) is 5.75 Å². The van der Waals surface area contributed by atoms with Gasteiger partial charge in [0.25, 0.3) is 0 Å². The first-order chi connectivity index (χ1) is 13.7. The Morgan fingerprint density at radius 3 is 2.68 bits per heavy atom. The van der Waals surface area contributed by atoms with Crippen molar-refractivity contribution in [3.8, 4) is 5.75 Å². The number of para-hydroxylation sites is 3. The normalized spacial score (nSPS) is 15.1. The summed E-state index contributed by atoms with van der Waals surface area (Å²) in [6.07, 6.45) is 2.83. The Morgan fingerprint density at radius 1 is 1.14 bits per heavy atom. The van der Waals surface area contributed by atoms with Gasteiger partial charge in [-0.05, 0) is 43.5 Å². The lowest BCUT2D eigenvalue weighted by Crippen LogP contribution is -2.38. The van der Waals surface area contributed by atoms with Gasteiger partial charge in [0.05, 0.1) is 17.6 Å².